The largest absolute Gasteiger partial charge is 0.379 e. The van der Waals surface area contributed by atoms with Crippen LogP contribution in [0, 0.1) is 5.92 Å². The minimum Gasteiger partial charge on any atom is -0.379 e. The van der Waals surface area contributed by atoms with Gasteiger partial charge in [0.2, 0.25) is 0 Å². The zero-order chi connectivity index (χ0) is 24.2. The molecular weight excluding hydrogens is 438 g/mol. The number of piperidine rings is 1. The minimum absolute atomic E-state index is 0.0296. The zero-order valence-electron chi connectivity index (χ0n) is 21.7. The molecule has 4 aliphatic rings. The van der Waals surface area contributed by atoms with Gasteiger partial charge in [-0.2, -0.15) is 0 Å². The van der Waals surface area contributed by atoms with Crippen molar-refractivity contribution in [1.82, 2.24) is 25.5 Å². The van der Waals surface area contributed by atoms with Gasteiger partial charge in [-0.3, -0.25) is 4.79 Å². The number of carbonyl (C=O) groups excluding carboxylic acids is 1. The Labute approximate surface area is 210 Å². The SMILES string of the molecule is CCOC1CCC(c2cnc([C@H](CC3CCCCN3)NC(=O)C3=CC4CCCCC4N3)n2C)CC1. The summed E-state index contributed by atoms with van der Waals surface area (Å²) in [5, 5.41) is 10.6. The van der Waals surface area contributed by atoms with Crippen LogP contribution in [0.2, 0.25) is 0 Å². The second kappa shape index (κ2) is 11.5. The van der Waals surface area contributed by atoms with E-state index in [0.717, 1.165) is 63.2 Å². The van der Waals surface area contributed by atoms with Gasteiger partial charge in [0.15, 0.2) is 0 Å². The first-order chi connectivity index (χ1) is 17.1. The Bertz CT molecular complexity index is 882. The van der Waals surface area contributed by atoms with Crippen molar-refractivity contribution in [3.05, 3.63) is 29.5 Å². The van der Waals surface area contributed by atoms with Gasteiger partial charge < -0.3 is 25.3 Å². The summed E-state index contributed by atoms with van der Waals surface area (Å²) < 4.78 is 8.14. The molecule has 0 bridgehead atoms. The molecule has 7 nitrogen and oxygen atoms in total. The van der Waals surface area contributed by atoms with Crippen molar-refractivity contribution in [3.63, 3.8) is 0 Å². The molecule has 1 aromatic rings. The van der Waals surface area contributed by atoms with E-state index in [1.54, 1.807) is 0 Å². The van der Waals surface area contributed by atoms with Gasteiger partial charge in [0.05, 0.1) is 17.8 Å². The summed E-state index contributed by atoms with van der Waals surface area (Å²) in [7, 11) is 2.14. The highest BCUT2D eigenvalue weighted by Gasteiger charge is 2.34. The van der Waals surface area contributed by atoms with E-state index in [0.29, 0.717) is 30.0 Å². The maximum absolute atomic E-state index is 13.4. The third-order valence-electron chi connectivity index (χ3n) is 8.89. The molecule has 1 amide bonds. The number of amides is 1. The smallest absolute Gasteiger partial charge is 0.267 e. The predicted molar refractivity (Wildman–Crippen MR) is 138 cm³/mol. The van der Waals surface area contributed by atoms with Gasteiger partial charge in [0, 0.05) is 43.5 Å². The lowest BCUT2D eigenvalue weighted by atomic mass is 9.85. The van der Waals surface area contributed by atoms with Crippen molar-refractivity contribution >= 4 is 5.91 Å². The fraction of sp³-hybridized carbons (Fsp3) is 0.786. The summed E-state index contributed by atoms with van der Waals surface area (Å²) in [6.07, 6.45) is 18.6. The first-order valence-electron chi connectivity index (χ1n) is 14.3. The Morgan fingerprint density at radius 1 is 1.14 bits per heavy atom. The number of nitrogens with one attached hydrogen (secondary N) is 3. The number of carbonyl (C=O) groups is 1. The van der Waals surface area contributed by atoms with Crippen molar-refractivity contribution in [2.45, 2.75) is 114 Å². The first kappa shape index (κ1) is 24.8. The van der Waals surface area contributed by atoms with Crippen molar-refractivity contribution < 1.29 is 9.53 Å². The second-order valence-electron chi connectivity index (χ2n) is 11.2. The molecule has 2 aliphatic heterocycles. The number of imidazole rings is 1. The fourth-order valence-corrected chi connectivity index (χ4v) is 6.92. The quantitative estimate of drug-likeness (QED) is 0.516. The molecule has 3 fully saturated rings. The highest BCUT2D eigenvalue weighted by atomic mass is 16.5. The molecule has 1 saturated heterocycles. The standard InChI is InChI=1S/C28H45N5O2/c1-3-35-22-13-11-19(12-14-22)26-18-30-27(33(26)2)24(17-21-9-6-7-15-29-21)32-28(34)25-16-20-8-4-5-10-23(20)31-25/h16,18-24,29,31H,3-15,17H2,1-2H3,(H,32,34)/t19?,20?,21?,22?,23?,24-/m0/s1. The van der Waals surface area contributed by atoms with Crippen molar-refractivity contribution in [2.75, 3.05) is 13.2 Å². The van der Waals surface area contributed by atoms with Crippen LogP contribution < -0.4 is 16.0 Å². The van der Waals surface area contributed by atoms with Crippen LogP contribution in [0.5, 0.6) is 0 Å². The third-order valence-corrected chi connectivity index (χ3v) is 8.89. The monoisotopic (exact) mass is 483 g/mol. The summed E-state index contributed by atoms with van der Waals surface area (Å²) in [4.78, 5) is 18.3. The van der Waals surface area contributed by atoms with Gasteiger partial charge in [-0.25, -0.2) is 4.98 Å². The topological polar surface area (TPSA) is 80.2 Å². The van der Waals surface area contributed by atoms with Crippen LogP contribution in [-0.4, -0.2) is 46.8 Å². The normalized spacial score (nSPS) is 31.8. The van der Waals surface area contributed by atoms with Crippen molar-refractivity contribution in [1.29, 1.82) is 0 Å². The molecule has 0 spiro atoms. The third kappa shape index (κ3) is 5.77. The lowest BCUT2D eigenvalue weighted by molar-refractivity contribution is -0.118. The van der Waals surface area contributed by atoms with E-state index in [-0.39, 0.29) is 11.9 Å². The molecule has 4 atom stereocenters. The molecule has 2 saturated carbocycles. The molecule has 0 aromatic carbocycles. The Hall–Kier alpha value is -1.86. The molecule has 5 rings (SSSR count). The van der Waals surface area contributed by atoms with E-state index in [4.69, 9.17) is 9.72 Å². The van der Waals surface area contributed by atoms with Crippen LogP contribution in [0.4, 0.5) is 0 Å². The van der Waals surface area contributed by atoms with Crippen LogP contribution in [0.1, 0.15) is 107 Å². The summed E-state index contributed by atoms with van der Waals surface area (Å²) in [5.41, 5.74) is 2.07. The molecule has 0 radical (unpaired) electrons. The number of ether oxygens (including phenoxy) is 1. The summed E-state index contributed by atoms with van der Waals surface area (Å²) in [6.45, 7) is 3.95. The molecule has 3 unspecified atom stereocenters. The predicted octanol–water partition coefficient (Wildman–Crippen LogP) is 4.22. The minimum atomic E-state index is -0.0954. The Kier molecular flexibility index (Phi) is 8.13. The highest BCUT2D eigenvalue weighted by Crippen LogP contribution is 2.36. The summed E-state index contributed by atoms with van der Waals surface area (Å²) >= 11 is 0. The zero-order valence-corrected chi connectivity index (χ0v) is 21.7. The number of aromatic nitrogens is 2. The van der Waals surface area contributed by atoms with Crippen molar-refractivity contribution in [2.24, 2.45) is 13.0 Å². The molecule has 3 N–H and O–H groups in total. The fourth-order valence-electron chi connectivity index (χ4n) is 6.92. The number of rotatable bonds is 8. The van der Waals surface area contributed by atoms with E-state index >= 15 is 0 Å². The Morgan fingerprint density at radius 3 is 2.69 bits per heavy atom. The lowest BCUT2D eigenvalue weighted by Gasteiger charge is -2.30. The molecule has 3 heterocycles. The van der Waals surface area contributed by atoms with E-state index in [9.17, 15) is 4.79 Å². The number of hydrogen-bond acceptors (Lipinski definition) is 5. The maximum Gasteiger partial charge on any atom is 0.267 e. The van der Waals surface area contributed by atoms with Crippen LogP contribution in [0.3, 0.4) is 0 Å². The average molecular weight is 484 g/mol. The maximum atomic E-state index is 13.4. The average Bonchev–Trinajstić information content (AvgIpc) is 3.49. The van der Waals surface area contributed by atoms with Crippen LogP contribution in [0.25, 0.3) is 0 Å². The molecule has 2 aliphatic carbocycles. The number of fused-ring (bicyclic) bond motifs is 1. The van der Waals surface area contributed by atoms with Crippen molar-refractivity contribution in [3.8, 4) is 0 Å². The lowest BCUT2D eigenvalue weighted by Crippen LogP contribution is -2.42. The van der Waals surface area contributed by atoms with Crippen LogP contribution in [0.15, 0.2) is 18.0 Å². The molecule has 1 aromatic heterocycles. The van der Waals surface area contributed by atoms with Crippen LogP contribution >= 0.6 is 0 Å². The van der Waals surface area contributed by atoms with Gasteiger partial charge >= 0.3 is 0 Å². The molecule has 7 heteroatoms. The number of nitrogens with zero attached hydrogens (tertiary/aromatic N) is 2. The van der Waals surface area contributed by atoms with Crippen LogP contribution in [-0.2, 0) is 16.6 Å². The van der Waals surface area contributed by atoms with Gasteiger partial charge in [-0.1, -0.05) is 25.3 Å². The highest BCUT2D eigenvalue weighted by molar-refractivity contribution is 5.93. The van der Waals surface area contributed by atoms with E-state index in [1.807, 2.05) is 0 Å². The van der Waals surface area contributed by atoms with Gasteiger partial charge in [0.25, 0.3) is 5.91 Å². The van der Waals surface area contributed by atoms with E-state index in [2.05, 4.69) is 46.8 Å². The summed E-state index contributed by atoms with van der Waals surface area (Å²) in [6, 6.07) is 0.764. The molecule has 194 valence electrons. The Balaban J connectivity index is 1.30. The van der Waals surface area contributed by atoms with Gasteiger partial charge in [0.1, 0.15) is 5.82 Å². The number of hydrogen-bond donors (Lipinski definition) is 3. The van der Waals surface area contributed by atoms with Gasteiger partial charge in [-0.05, 0) is 77.2 Å². The molecular formula is C28H45N5O2. The van der Waals surface area contributed by atoms with E-state index in [1.165, 1.54) is 44.2 Å². The van der Waals surface area contributed by atoms with Gasteiger partial charge in [-0.15, -0.1) is 0 Å². The second-order valence-corrected chi connectivity index (χ2v) is 11.2. The summed E-state index contributed by atoms with van der Waals surface area (Å²) in [5.74, 6) is 2.05. The Morgan fingerprint density at radius 2 is 1.94 bits per heavy atom. The van der Waals surface area contributed by atoms with E-state index < -0.39 is 0 Å². The first-order valence-corrected chi connectivity index (χ1v) is 14.3. The molecule has 35 heavy (non-hydrogen) atoms.